The third-order valence-electron chi connectivity index (χ3n) is 2.83. The van der Waals surface area contributed by atoms with Crippen LogP contribution in [0.15, 0.2) is 0 Å². The molecule has 1 heterocycles. The summed E-state index contributed by atoms with van der Waals surface area (Å²) in [5, 5.41) is 9.41. The maximum Gasteiger partial charge on any atom is 0.410 e. The molecule has 1 N–H and O–H groups in total. The number of carbonyl (C=O) groups excluding carboxylic acids is 3. The van der Waals surface area contributed by atoms with Crippen molar-refractivity contribution in [1.29, 1.82) is 0 Å². The molecule has 8 nitrogen and oxygen atoms in total. The average Bonchev–Trinajstić information content (AvgIpc) is 2.66. The predicted octanol–water partition coefficient (Wildman–Crippen LogP) is -0.317. The Morgan fingerprint density at radius 1 is 1.20 bits per heavy atom. The maximum absolute atomic E-state index is 11.8. The fourth-order valence-corrected chi connectivity index (χ4v) is 2.14. The first-order chi connectivity index (χ1) is 9.40. The van der Waals surface area contributed by atoms with Crippen molar-refractivity contribution in [3.8, 4) is 0 Å². The van der Waals surface area contributed by atoms with E-state index in [1.807, 2.05) is 0 Å². The lowest BCUT2D eigenvalue weighted by atomic mass is 10.1. The van der Waals surface area contributed by atoms with Gasteiger partial charge >= 0.3 is 18.0 Å². The van der Waals surface area contributed by atoms with Crippen molar-refractivity contribution in [3.05, 3.63) is 0 Å². The molecule has 0 aromatic heterocycles. The molecule has 3 atom stereocenters. The minimum atomic E-state index is -0.911. The highest BCUT2D eigenvalue weighted by atomic mass is 16.6. The number of hydrogen-bond donors (Lipinski definition) is 1. The van der Waals surface area contributed by atoms with Gasteiger partial charge in [-0.3, -0.25) is 14.5 Å². The third-order valence-corrected chi connectivity index (χ3v) is 2.83. The van der Waals surface area contributed by atoms with Crippen LogP contribution in [0.2, 0.25) is 0 Å². The second-order valence-corrected chi connectivity index (χ2v) is 4.32. The summed E-state index contributed by atoms with van der Waals surface area (Å²) in [6.45, 7) is 3.80. The molecule has 0 radical (unpaired) electrons. The number of esters is 2. The number of nitrogens with zero attached hydrogens (tertiary/aromatic N) is 1. The van der Waals surface area contributed by atoms with Gasteiger partial charge in [-0.2, -0.15) is 0 Å². The maximum atomic E-state index is 11.8. The summed E-state index contributed by atoms with van der Waals surface area (Å²) in [5.74, 6) is -1.15. The zero-order chi connectivity index (χ0) is 15.3. The van der Waals surface area contributed by atoms with Crippen LogP contribution in [0.5, 0.6) is 0 Å². The Balaban J connectivity index is 2.91. The monoisotopic (exact) mass is 289 g/mol. The van der Waals surface area contributed by atoms with E-state index in [2.05, 4.69) is 0 Å². The SMILES string of the molecule is CCOC(=O)N1C[C@@H](OC(C)=O)[C@@H](OC(C)=O)[C@@H]1CO. The predicted molar refractivity (Wildman–Crippen MR) is 65.7 cm³/mol. The van der Waals surface area contributed by atoms with Crippen molar-refractivity contribution in [1.82, 2.24) is 4.90 Å². The van der Waals surface area contributed by atoms with Gasteiger partial charge in [-0.1, -0.05) is 0 Å². The molecule has 0 aromatic carbocycles. The molecule has 0 aliphatic carbocycles. The molecule has 8 heteroatoms. The molecule has 1 fully saturated rings. The van der Waals surface area contributed by atoms with E-state index in [0.29, 0.717) is 0 Å². The molecule has 1 aliphatic rings. The Bertz CT molecular complexity index is 384. The lowest BCUT2D eigenvalue weighted by Gasteiger charge is -2.25. The average molecular weight is 289 g/mol. The van der Waals surface area contributed by atoms with Crippen LogP contribution in [0, 0.1) is 0 Å². The molecular formula is C12H19NO7. The van der Waals surface area contributed by atoms with E-state index in [1.54, 1.807) is 6.92 Å². The highest BCUT2D eigenvalue weighted by molar-refractivity contribution is 5.70. The molecule has 114 valence electrons. The van der Waals surface area contributed by atoms with E-state index in [-0.39, 0.29) is 13.2 Å². The normalized spacial score (nSPS) is 25.2. The lowest BCUT2D eigenvalue weighted by Crippen LogP contribution is -2.44. The van der Waals surface area contributed by atoms with Crippen molar-refractivity contribution < 1.29 is 33.7 Å². The van der Waals surface area contributed by atoms with E-state index in [0.717, 1.165) is 0 Å². The van der Waals surface area contributed by atoms with Gasteiger partial charge in [-0.25, -0.2) is 4.79 Å². The van der Waals surface area contributed by atoms with Gasteiger partial charge in [0.15, 0.2) is 12.2 Å². The summed E-state index contributed by atoms with van der Waals surface area (Å²) in [6.07, 6.45) is -2.39. The Hall–Kier alpha value is -1.83. The number of rotatable bonds is 4. The van der Waals surface area contributed by atoms with Crippen LogP contribution >= 0.6 is 0 Å². The summed E-state index contributed by atoms with van der Waals surface area (Å²) in [5.41, 5.74) is 0. The van der Waals surface area contributed by atoms with Crippen LogP contribution in [0.25, 0.3) is 0 Å². The van der Waals surface area contributed by atoms with E-state index < -0.39 is 42.9 Å². The van der Waals surface area contributed by atoms with Gasteiger partial charge in [-0.05, 0) is 6.92 Å². The Morgan fingerprint density at radius 2 is 1.80 bits per heavy atom. The summed E-state index contributed by atoms with van der Waals surface area (Å²) < 4.78 is 15.0. The van der Waals surface area contributed by atoms with Crippen molar-refractivity contribution >= 4 is 18.0 Å². The Labute approximate surface area is 116 Å². The number of ether oxygens (including phenoxy) is 3. The molecule has 0 bridgehead atoms. The number of likely N-dealkylation sites (tertiary alicyclic amines) is 1. The zero-order valence-corrected chi connectivity index (χ0v) is 11.7. The Morgan fingerprint density at radius 3 is 2.25 bits per heavy atom. The van der Waals surface area contributed by atoms with Gasteiger partial charge in [0.05, 0.1) is 25.8 Å². The van der Waals surface area contributed by atoms with Crippen LogP contribution < -0.4 is 0 Å². The molecule has 1 rings (SSSR count). The fraction of sp³-hybridized carbons (Fsp3) is 0.750. The second kappa shape index (κ2) is 7.09. The van der Waals surface area contributed by atoms with Gasteiger partial charge in [0, 0.05) is 13.8 Å². The van der Waals surface area contributed by atoms with Gasteiger partial charge < -0.3 is 19.3 Å². The van der Waals surface area contributed by atoms with Crippen molar-refractivity contribution in [2.45, 2.75) is 39.0 Å². The summed E-state index contributed by atoms with van der Waals surface area (Å²) in [7, 11) is 0. The number of aliphatic hydroxyl groups excluding tert-OH is 1. The van der Waals surface area contributed by atoms with E-state index in [4.69, 9.17) is 14.2 Å². The van der Waals surface area contributed by atoms with Crippen molar-refractivity contribution in [3.63, 3.8) is 0 Å². The highest BCUT2D eigenvalue weighted by Gasteiger charge is 2.48. The largest absolute Gasteiger partial charge is 0.457 e. The molecule has 1 amide bonds. The van der Waals surface area contributed by atoms with Gasteiger partial charge in [0.2, 0.25) is 0 Å². The molecular weight excluding hydrogens is 270 g/mol. The zero-order valence-electron chi connectivity index (χ0n) is 11.7. The molecule has 0 spiro atoms. The molecule has 0 unspecified atom stereocenters. The molecule has 0 saturated carbocycles. The van der Waals surface area contributed by atoms with E-state index in [9.17, 15) is 19.5 Å². The smallest absolute Gasteiger partial charge is 0.410 e. The standard InChI is InChI=1S/C12H19NO7/c1-4-18-12(17)13-5-10(19-7(2)15)11(9(13)6-14)20-8(3)16/h9-11,14H,4-6H2,1-3H3/t9-,10+,11-/m0/s1. The second-order valence-electron chi connectivity index (χ2n) is 4.32. The van der Waals surface area contributed by atoms with Crippen molar-refractivity contribution in [2.75, 3.05) is 19.8 Å². The molecule has 0 aromatic rings. The quantitative estimate of drug-likeness (QED) is 0.559. The van der Waals surface area contributed by atoms with Gasteiger partial charge in [-0.15, -0.1) is 0 Å². The van der Waals surface area contributed by atoms with Gasteiger partial charge in [0.25, 0.3) is 0 Å². The van der Waals surface area contributed by atoms with E-state index >= 15 is 0 Å². The fourth-order valence-electron chi connectivity index (χ4n) is 2.14. The lowest BCUT2D eigenvalue weighted by molar-refractivity contribution is -0.163. The van der Waals surface area contributed by atoms with Crippen LogP contribution in [0.1, 0.15) is 20.8 Å². The number of aliphatic hydroxyl groups is 1. The first-order valence-corrected chi connectivity index (χ1v) is 6.29. The van der Waals surface area contributed by atoms with Crippen LogP contribution in [0.4, 0.5) is 4.79 Å². The number of hydrogen-bond acceptors (Lipinski definition) is 7. The van der Waals surface area contributed by atoms with Crippen molar-refractivity contribution in [2.24, 2.45) is 0 Å². The topological polar surface area (TPSA) is 102 Å². The summed E-state index contributed by atoms with van der Waals surface area (Å²) >= 11 is 0. The number of amides is 1. The van der Waals surface area contributed by atoms with Crippen LogP contribution in [-0.2, 0) is 23.8 Å². The summed E-state index contributed by atoms with van der Waals surface area (Å²) in [6, 6.07) is -0.803. The number of carbonyl (C=O) groups is 3. The summed E-state index contributed by atoms with van der Waals surface area (Å²) in [4.78, 5) is 35.2. The van der Waals surface area contributed by atoms with Crippen LogP contribution in [0.3, 0.4) is 0 Å². The third kappa shape index (κ3) is 3.83. The molecule has 1 saturated heterocycles. The molecule has 1 aliphatic heterocycles. The first-order valence-electron chi connectivity index (χ1n) is 6.29. The first kappa shape index (κ1) is 16.2. The van der Waals surface area contributed by atoms with E-state index in [1.165, 1.54) is 18.7 Å². The van der Waals surface area contributed by atoms with Crippen LogP contribution in [-0.4, -0.2) is 66.0 Å². The Kier molecular flexibility index (Phi) is 5.75. The minimum absolute atomic E-state index is 0.00157. The minimum Gasteiger partial charge on any atom is -0.457 e. The van der Waals surface area contributed by atoms with Gasteiger partial charge in [0.1, 0.15) is 0 Å². The molecule has 20 heavy (non-hydrogen) atoms. The highest BCUT2D eigenvalue weighted by Crippen LogP contribution is 2.25.